The number of hydrogen-bond donors (Lipinski definition) is 1. The van der Waals surface area contributed by atoms with Crippen LogP contribution in [0.15, 0.2) is 12.4 Å². The van der Waals surface area contributed by atoms with Crippen LogP contribution in [0.1, 0.15) is 37.6 Å². The largest absolute Gasteiger partial charge is 0.302 e. The normalized spacial score (nSPS) is 36.2. The average Bonchev–Trinajstić information content (AvgIpc) is 2.27. The molecule has 1 aromatic rings. The highest BCUT2D eigenvalue weighted by molar-refractivity contribution is 5.25. The van der Waals surface area contributed by atoms with E-state index in [2.05, 4.69) is 22.2 Å². The summed E-state index contributed by atoms with van der Waals surface area (Å²) in [5.41, 5.74) is 0.524. The Morgan fingerprint density at radius 2 is 2.12 bits per heavy atom. The maximum atomic E-state index is 8.71. The first kappa shape index (κ1) is 9.73. The van der Waals surface area contributed by atoms with Crippen LogP contribution in [0, 0.1) is 17.2 Å². The lowest BCUT2D eigenvalue weighted by atomic mass is 9.66. The first-order chi connectivity index (χ1) is 7.72. The second-order valence-corrected chi connectivity index (χ2v) is 5.08. The Morgan fingerprint density at radius 3 is 2.69 bits per heavy atom. The molecule has 4 nitrogen and oxygen atoms in total. The van der Waals surface area contributed by atoms with Gasteiger partial charge < -0.3 is 5.32 Å². The van der Waals surface area contributed by atoms with Gasteiger partial charge in [0.25, 0.3) is 0 Å². The Balaban J connectivity index is 1.89. The first-order valence-corrected chi connectivity index (χ1v) is 5.72. The van der Waals surface area contributed by atoms with Crippen molar-refractivity contribution in [1.29, 1.82) is 5.26 Å². The van der Waals surface area contributed by atoms with Crippen molar-refractivity contribution in [2.24, 2.45) is 5.92 Å². The molecule has 3 unspecified atom stereocenters. The van der Waals surface area contributed by atoms with Gasteiger partial charge in [-0.05, 0) is 25.2 Å². The molecule has 3 fully saturated rings. The van der Waals surface area contributed by atoms with E-state index in [1.54, 1.807) is 12.4 Å². The van der Waals surface area contributed by atoms with Crippen LogP contribution in [-0.2, 0) is 5.54 Å². The SMILES string of the molecule is CC1CC2CC(c3ncc(C#N)cn3)(C1)N2. The highest BCUT2D eigenvalue weighted by Gasteiger charge is 2.51. The zero-order chi connectivity index (χ0) is 11.2. The third-order valence-electron chi connectivity index (χ3n) is 3.67. The molecule has 4 rings (SSSR count). The van der Waals surface area contributed by atoms with Gasteiger partial charge in [-0.1, -0.05) is 6.92 Å². The standard InChI is InChI=1S/C12H14N4/c1-8-2-10-4-12(3-8,16-10)11-14-6-9(5-13)7-15-11/h6-8,10,16H,2-4H2,1H3. The van der Waals surface area contributed by atoms with E-state index in [0.29, 0.717) is 11.6 Å². The van der Waals surface area contributed by atoms with Crippen molar-refractivity contribution >= 4 is 0 Å². The summed E-state index contributed by atoms with van der Waals surface area (Å²) in [5.74, 6) is 1.59. The van der Waals surface area contributed by atoms with Gasteiger partial charge >= 0.3 is 0 Å². The molecule has 2 saturated heterocycles. The summed E-state index contributed by atoms with van der Waals surface area (Å²) >= 11 is 0. The Kier molecular flexibility index (Phi) is 1.98. The highest BCUT2D eigenvalue weighted by Crippen LogP contribution is 2.46. The molecule has 0 spiro atoms. The third-order valence-corrected chi connectivity index (χ3v) is 3.67. The zero-order valence-electron chi connectivity index (χ0n) is 9.27. The lowest BCUT2D eigenvalue weighted by Crippen LogP contribution is -2.66. The van der Waals surface area contributed by atoms with Crippen molar-refractivity contribution in [2.45, 2.75) is 37.8 Å². The van der Waals surface area contributed by atoms with Gasteiger partial charge in [-0.15, -0.1) is 0 Å². The summed E-state index contributed by atoms with van der Waals surface area (Å²) in [4.78, 5) is 8.64. The summed E-state index contributed by atoms with van der Waals surface area (Å²) < 4.78 is 0. The van der Waals surface area contributed by atoms with Crippen molar-refractivity contribution in [1.82, 2.24) is 15.3 Å². The van der Waals surface area contributed by atoms with Crippen LogP contribution in [0.2, 0.25) is 0 Å². The Hall–Kier alpha value is -1.47. The highest BCUT2D eigenvalue weighted by atomic mass is 15.2. The molecule has 4 heteroatoms. The molecule has 1 N–H and O–H groups in total. The van der Waals surface area contributed by atoms with E-state index >= 15 is 0 Å². The Bertz CT molecular complexity index is 439. The summed E-state index contributed by atoms with van der Waals surface area (Å²) in [6.45, 7) is 2.28. The predicted octanol–water partition coefficient (Wildman–Crippen LogP) is 1.34. The molecule has 0 aromatic carbocycles. The summed E-state index contributed by atoms with van der Waals surface area (Å²) in [7, 11) is 0. The number of fused-ring (bicyclic) bond motifs is 2. The molecule has 3 aliphatic rings. The van der Waals surface area contributed by atoms with Gasteiger partial charge in [0.05, 0.1) is 11.1 Å². The number of piperidine rings is 1. The van der Waals surface area contributed by atoms with Crippen molar-refractivity contribution in [3.63, 3.8) is 0 Å². The smallest absolute Gasteiger partial charge is 0.148 e. The molecule has 1 aliphatic carbocycles. The lowest BCUT2D eigenvalue weighted by molar-refractivity contribution is 0.0282. The van der Waals surface area contributed by atoms with Gasteiger partial charge in [0.15, 0.2) is 0 Å². The fourth-order valence-corrected chi connectivity index (χ4v) is 3.12. The van der Waals surface area contributed by atoms with E-state index in [4.69, 9.17) is 5.26 Å². The number of nitrogens with one attached hydrogen (secondary N) is 1. The van der Waals surface area contributed by atoms with Crippen molar-refractivity contribution in [3.05, 3.63) is 23.8 Å². The fraction of sp³-hybridized carbons (Fsp3) is 0.583. The average molecular weight is 214 g/mol. The molecule has 82 valence electrons. The number of aromatic nitrogens is 2. The summed E-state index contributed by atoms with van der Waals surface area (Å²) in [6, 6.07) is 2.69. The molecule has 16 heavy (non-hydrogen) atoms. The minimum absolute atomic E-state index is 0.00365. The van der Waals surface area contributed by atoms with Crippen LogP contribution < -0.4 is 5.32 Å². The fourth-order valence-electron chi connectivity index (χ4n) is 3.12. The number of hydrogen-bond acceptors (Lipinski definition) is 4. The van der Waals surface area contributed by atoms with Gasteiger partial charge in [0.1, 0.15) is 11.9 Å². The molecule has 3 heterocycles. The van der Waals surface area contributed by atoms with E-state index in [1.165, 1.54) is 6.42 Å². The molecule has 1 aromatic heterocycles. The molecule has 2 bridgehead atoms. The van der Waals surface area contributed by atoms with Crippen LogP contribution in [0.4, 0.5) is 0 Å². The first-order valence-electron chi connectivity index (χ1n) is 5.72. The summed E-state index contributed by atoms with van der Waals surface area (Å²) in [6.07, 6.45) is 6.74. The van der Waals surface area contributed by atoms with E-state index in [-0.39, 0.29) is 5.54 Å². The van der Waals surface area contributed by atoms with E-state index in [1.807, 2.05) is 6.07 Å². The van der Waals surface area contributed by atoms with E-state index in [0.717, 1.165) is 24.6 Å². The van der Waals surface area contributed by atoms with Crippen LogP contribution in [-0.4, -0.2) is 16.0 Å². The molecule has 3 atom stereocenters. The van der Waals surface area contributed by atoms with Crippen LogP contribution >= 0.6 is 0 Å². The molecule has 0 radical (unpaired) electrons. The summed E-state index contributed by atoms with van der Waals surface area (Å²) in [5, 5.41) is 12.3. The van der Waals surface area contributed by atoms with Gasteiger partial charge in [0, 0.05) is 18.4 Å². The van der Waals surface area contributed by atoms with Gasteiger partial charge in [-0.2, -0.15) is 5.26 Å². The minimum Gasteiger partial charge on any atom is -0.302 e. The molecular weight excluding hydrogens is 200 g/mol. The van der Waals surface area contributed by atoms with E-state index in [9.17, 15) is 0 Å². The predicted molar refractivity (Wildman–Crippen MR) is 58.4 cm³/mol. The van der Waals surface area contributed by atoms with Crippen molar-refractivity contribution in [3.8, 4) is 6.07 Å². The number of rotatable bonds is 1. The Morgan fingerprint density at radius 1 is 1.44 bits per heavy atom. The van der Waals surface area contributed by atoms with E-state index < -0.39 is 0 Å². The van der Waals surface area contributed by atoms with Crippen molar-refractivity contribution < 1.29 is 0 Å². The van der Waals surface area contributed by atoms with Crippen LogP contribution in [0.5, 0.6) is 0 Å². The number of nitrogens with zero attached hydrogens (tertiary/aromatic N) is 3. The van der Waals surface area contributed by atoms with Crippen LogP contribution in [0.3, 0.4) is 0 Å². The van der Waals surface area contributed by atoms with Gasteiger partial charge in [-0.3, -0.25) is 0 Å². The van der Waals surface area contributed by atoms with Gasteiger partial charge in [-0.25, -0.2) is 9.97 Å². The molecule has 0 amide bonds. The lowest BCUT2D eigenvalue weighted by Gasteiger charge is -2.54. The molecular formula is C12H14N4. The monoisotopic (exact) mass is 214 g/mol. The quantitative estimate of drug-likeness (QED) is 0.766. The maximum Gasteiger partial charge on any atom is 0.148 e. The Labute approximate surface area is 94.7 Å². The van der Waals surface area contributed by atoms with Crippen molar-refractivity contribution in [2.75, 3.05) is 0 Å². The van der Waals surface area contributed by atoms with Gasteiger partial charge in [0.2, 0.25) is 0 Å². The minimum atomic E-state index is -0.00365. The molecule has 2 aliphatic heterocycles. The number of nitriles is 1. The zero-order valence-corrected chi connectivity index (χ0v) is 9.27. The van der Waals surface area contributed by atoms with Crippen LogP contribution in [0.25, 0.3) is 0 Å². The second kappa shape index (κ2) is 3.26. The third kappa shape index (κ3) is 1.32. The maximum absolute atomic E-state index is 8.71. The molecule has 1 saturated carbocycles. The second-order valence-electron chi connectivity index (χ2n) is 5.08. The topological polar surface area (TPSA) is 61.6 Å².